The number of hydrogen-bond acceptors (Lipinski definition) is 2. The summed E-state index contributed by atoms with van der Waals surface area (Å²) in [5.74, 6) is 0. The summed E-state index contributed by atoms with van der Waals surface area (Å²) in [5, 5.41) is 2.45. The molecule has 0 saturated heterocycles. The zero-order chi connectivity index (χ0) is 5.98. The van der Waals surface area contributed by atoms with Crippen LogP contribution in [0.15, 0.2) is 11.8 Å². The van der Waals surface area contributed by atoms with Gasteiger partial charge in [0.05, 0.1) is 5.70 Å². The van der Waals surface area contributed by atoms with E-state index in [9.17, 15) is 4.79 Å². The van der Waals surface area contributed by atoms with Crippen molar-refractivity contribution >= 4 is 16.8 Å². The summed E-state index contributed by atoms with van der Waals surface area (Å²) in [7, 11) is 0. The molecule has 44 valence electrons. The lowest BCUT2D eigenvalue weighted by atomic mass is 10.4. The van der Waals surface area contributed by atoms with Crippen molar-refractivity contribution in [3.63, 3.8) is 0 Å². The second-order valence-corrected chi connectivity index (χ2v) is 1.95. The van der Waals surface area contributed by atoms with Crippen LogP contribution in [-0.4, -0.2) is 11.8 Å². The number of hydrogen-bond donors (Lipinski definition) is 1. The number of allylic oxidation sites excluding steroid dienone is 1. The lowest BCUT2D eigenvalue weighted by molar-refractivity contribution is -0.108. The van der Waals surface area contributed by atoms with E-state index in [1.165, 1.54) is 0 Å². The number of nitrogens with one attached hydrogen (secondary N) is 1. The maximum absolute atomic E-state index is 10.3. The van der Waals surface area contributed by atoms with E-state index in [0.29, 0.717) is 5.70 Å². The summed E-state index contributed by atoms with van der Waals surface area (Å²) in [6, 6.07) is 0. The van der Waals surface area contributed by atoms with Gasteiger partial charge in [-0.25, -0.2) is 0 Å². The van der Waals surface area contributed by atoms with Gasteiger partial charge in [-0.1, -0.05) is 6.08 Å². The molecule has 0 bridgehead atoms. The molecule has 0 aromatic heterocycles. The Bertz CT molecular complexity index is 141. The molecule has 1 rings (SSSR count). The minimum Gasteiger partial charge on any atom is -0.381 e. The normalized spacial score (nSPS) is 17.4. The lowest BCUT2D eigenvalue weighted by Gasteiger charge is -1.92. The Hall–Kier alpha value is -0.500. The van der Waals surface area contributed by atoms with Crippen molar-refractivity contribution in [3.8, 4) is 0 Å². The molecule has 1 heterocycles. The molecule has 0 atom stereocenters. The van der Waals surface area contributed by atoms with Gasteiger partial charge in [0, 0.05) is 6.54 Å². The molecule has 2 nitrogen and oxygen atoms in total. The Labute approximate surface area is 52.5 Å². The van der Waals surface area contributed by atoms with Crippen molar-refractivity contribution in [1.29, 1.82) is 0 Å². The van der Waals surface area contributed by atoms with Crippen molar-refractivity contribution in [2.45, 2.75) is 6.42 Å². The highest BCUT2D eigenvalue weighted by Crippen LogP contribution is 2.03. The second-order valence-electron chi connectivity index (χ2n) is 1.61. The first kappa shape index (κ1) is 5.63. The first-order valence-electron chi connectivity index (χ1n) is 2.44. The summed E-state index contributed by atoms with van der Waals surface area (Å²) < 4.78 is 0. The SMILES string of the molecule is O=C(Cl)C1=CCCN1. The van der Waals surface area contributed by atoms with Gasteiger partial charge in [-0.3, -0.25) is 4.79 Å². The highest BCUT2D eigenvalue weighted by atomic mass is 35.5. The van der Waals surface area contributed by atoms with Crippen LogP contribution in [0, 0.1) is 0 Å². The van der Waals surface area contributed by atoms with E-state index in [-0.39, 0.29) is 5.24 Å². The van der Waals surface area contributed by atoms with Crippen molar-refractivity contribution in [1.82, 2.24) is 5.32 Å². The van der Waals surface area contributed by atoms with Crippen LogP contribution in [0.4, 0.5) is 0 Å². The quantitative estimate of drug-likeness (QED) is 0.529. The van der Waals surface area contributed by atoms with Gasteiger partial charge in [0.2, 0.25) is 0 Å². The lowest BCUT2D eigenvalue weighted by Crippen LogP contribution is -2.11. The summed E-state index contributed by atoms with van der Waals surface area (Å²) in [6.45, 7) is 0.841. The van der Waals surface area contributed by atoms with Crippen molar-refractivity contribution in [2.24, 2.45) is 0 Å². The number of rotatable bonds is 1. The standard InChI is InChI=1S/C5H6ClNO/c6-5(8)4-2-1-3-7-4/h2,7H,1,3H2. The van der Waals surface area contributed by atoms with Crippen LogP contribution >= 0.6 is 11.6 Å². The Morgan fingerprint density at radius 2 is 2.62 bits per heavy atom. The zero-order valence-electron chi connectivity index (χ0n) is 4.28. The van der Waals surface area contributed by atoms with Crippen LogP contribution in [0.25, 0.3) is 0 Å². The molecule has 0 saturated carbocycles. The maximum atomic E-state index is 10.3. The topological polar surface area (TPSA) is 29.1 Å². The first-order chi connectivity index (χ1) is 3.80. The van der Waals surface area contributed by atoms with E-state index in [0.717, 1.165) is 13.0 Å². The van der Waals surface area contributed by atoms with E-state index in [1.807, 2.05) is 0 Å². The third kappa shape index (κ3) is 1.01. The molecule has 1 N–H and O–H groups in total. The van der Waals surface area contributed by atoms with E-state index >= 15 is 0 Å². The molecule has 0 aliphatic carbocycles. The maximum Gasteiger partial charge on any atom is 0.267 e. The highest BCUT2D eigenvalue weighted by molar-refractivity contribution is 6.67. The monoisotopic (exact) mass is 131 g/mol. The second kappa shape index (κ2) is 2.18. The minimum atomic E-state index is -0.387. The minimum absolute atomic E-state index is 0.387. The van der Waals surface area contributed by atoms with E-state index in [1.54, 1.807) is 6.08 Å². The molecule has 3 heteroatoms. The van der Waals surface area contributed by atoms with Crippen molar-refractivity contribution in [2.75, 3.05) is 6.54 Å². The fraction of sp³-hybridized carbons (Fsp3) is 0.400. The molecule has 0 amide bonds. The Kier molecular flexibility index (Phi) is 1.53. The van der Waals surface area contributed by atoms with Crippen LogP contribution in [0.1, 0.15) is 6.42 Å². The molecule has 0 radical (unpaired) electrons. The Balaban J connectivity index is 2.57. The largest absolute Gasteiger partial charge is 0.381 e. The zero-order valence-corrected chi connectivity index (χ0v) is 5.03. The third-order valence-electron chi connectivity index (χ3n) is 1.02. The van der Waals surface area contributed by atoms with Gasteiger partial charge in [0.1, 0.15) is 0 Å². The van der Waals surface area contributed by atoms with E-state index < -0.39 is 0 Å². The predicted octanol–water partition coefficient (Wildman–Crippen LogP) is 0.629. The van der Waals surface area contributed by atoms with Gasteiger partial charge in [0.15, 0.2) is 0 Å². The number of halogens is 1. The van der Waals surface area contributed by atoms with Gasteiger partial charge in [-0.2, -0.15) is 0 Å². The van der Waals surface area contributed by atoms with Gasteiger partial charge in [0.25, 0.3) is 5.24 Å². The Morgan fingerprint density at radius 3 is 2.88 bits per heavy atom. The molecular formula is C5H6ClNO. The first-order valence-corrected chi connectivity index (χ1v) is 2.82. The number of carbonyl (C=O) groups is 1. The number of carbonyl (C=O) groups excluding carboxylic acids is 1. The summed E-state index contributed by atoms with van der Waals surface area (Å²) in [6.07, 6.45) is 2.71. The van der Waals surface area contributed by atoms with Crippen LogP contribution in [0.5, 0.6) is 0 Å². The molecule has 0 aromatic carbocycles. The third-order valence-corrected chi connectivity index (χ3v) is 1.22. The van der Waals surface area contributed by atoms with Crippen LogP contribution in [0.3, 0.4) is 0 Å². The average Bonchev–Trinajstić information content (AvgIpc) is 2.12. The van der Waals surface area contributed by atoms with Crippen LogP contribution < -0.4 is 5.32 Å². The fourth-order valence-corrected chi connectivity index (χ4v) is 0.789. The van der Waals surface area contributed by atoms with E-state index in [4.69, 9.17) is 11.6 Å². The fourth-order valence-electron chi connectivity index (χ4n) is 0.645. The molecule has 1 aliphatic heterocycles. The summed E-state index contributed by atoms with van der Waals surface area (Å²) in [5.41, 5.74) is 0.548. The van der Waals surface area contributed by atoms with Crippen molar-refractivity contribution in [3.05, 3.63) is 11.8 Å². The average molecular weight is 132 g/mol. The molecule has 0 unspecified atom stereocenters. The molecular weight excluding hydrogens is 126 g/mol. The van der Waals surface area contributed by atoms with Gasteiger partial charge < -0.3 is 5.32 Å². The van der Waals surface area contributed by atoms with E-state index in [2.05, 4.69) is 5.32 Å². The Morgan fingerprint density at radius 1 is 1.88 bits per heavy atom. The van der Waals surface area contributed by atoms with Gasteiger partial charge in [-0.15, -0.1) is 0 Å². The highest BCUT2D eigenvalue weighted by Gasteiger charge is 2.07. The summed E-state index contributed by atoms with van der Waals surface area (Å²) in [4.78, 5) is 10.3. The summed E-state index contributed by atoms with van der Waals surface area (Å²) >= 11 is 5.11. The molecule has 0 spiro atoms. The molecule has 0 aromatic rings. The van der Waals surface area contributed by atoms with Crippen molar-refractivity contribution < 1.29 is 4.79 Å². The van der Waals surface area contributed by atoms with Crippen LogP contribution in [0.2, 0.25) is 0 Å². The molecule has 8 heavy (non-hydrogen) atoms. The molecule has 1 aliphatic rings. The van der Waals surface area contributed by atoms with Gasteiger partial charge in [-0.05, 0) is 18.0 Å². The van der Waals surface area contributed by atoms with Gasteiger partial charge >= 0.3 is 0 Å². The smallest absolute Gasteiger partial charge is 0.267 e. The predicted molar refractivity (Wildman–Crippen MR) is 31.6 cm³/mol. The molecule has 0 fully saturated rings. The van der Waals surface area contributed by atoms with Crippen LogP contribution in [-0.2, 0) is 4.79 Å².